The fourth-order valence-corrected chi connectivity index (χ4v) is 1.88. The van der Waals surface area contributed by atoms with Crippen molar-refractivity contribution in [1.82, 2.24) is 4.90 Å². The normalized spacial score (nSPS) is 19.2. The van der Waals surface area contributed by atoms with Crippen LogP contribution in [0.4, 0.5) is 0 Å². The number of nitriles is 1. The molecule has 1 aliphatic rings. The molecule has 1 aromatic rings. The minimum absolute atomic E-state index is 0.304. The van der Waals surface area contributed by atoms with Gasteiger partial charge in [-0.1, -0.05) is 11.6 Å². The van der Waals surface area contributed by atoms with Crippen molar-refractivity contribution in [1.29, 1.82) is 5.26 Å². The fraction of sp³-hybridized carbons (Fsp3) is 0.250. The molecule has 0 N–H and O–H groups in total. The Kier molecular flexibility index (Phi) is 3.12. The van der Waals surface area contributed by atoms with Gasteiger partial charge < -0.3 is 0 Å². The van der Waals surface area contributed by atoms with E-state index in [1.165, 1.54) is 0 Å². The third kappa shape index (κ3) is 2.15. The molecular weight excluding hydrogens is 240 g/mol. The number of halogens is 1. The lowest BCUT2D eigenvalue weighted by Crippen LogP contribution is -2.33. The minimum atomic E-state index is -0.689. The van der Waals surface area contributed by atoms with E-state index in [0.717, 1.165) is 4.90 Å². The molecule has 86 valence electrons. The summed E-state index contributed by atoms with van der Waals surface area (Å²) in [5.74, 6) is -1.47. The van der Waals surface area contributed by atoms with Crippen LogP contribution in [-0.4, -0.2) is 23.3 Å². The van der Waals surface area contributed by atoms with E-state index >= 15 is 0 Å². The quantitative estimate of drug-likeness (QED) is 0.713. The zero-order chi connectivity index (χ0) is 12.4. The number of rotatable bonds is 1. The van der Waals surface area contributed by atoms with Crippen LogP contribution in [0.15, 0.2) is 24.3 Å². The number of hydrogen-bond donors (Lipinski definition) is 0. The molecule has 2 amide bonds. The van der Waals surface area contributed by atoms with E-state index < -0.39 is 11.8 Å². The number of carbonyl (C=O) groups excluding carboxylic acids is 2. The topological polar surface area (TPSA) is 61.2 Å². The van der Waals surface area contributed by atoms with E-state index in [2.05, 4.69) is 0 Å². The molecule has 0 bridgehead atoms. The van der Waals surface area contributed by atoms with E-state index in [1.54, 1.807) is 24.3 Å². The Morgan fingerprint density at radius 2 is 2.06 bits per heavy atom. The second-order valence-corrected chi connectivity index (χ2v) is 4.21. The van der Waals surface area contributed by atoms with Gasteiger partial charge in [-0.15, -0.1) is 0 Å². The Hall–Kier alpha value is -1.86. The zero-order valence-corrected chi connectivity index (χ0v) is 9.65. The van der Waals surface area contributed by atoms with Gasteiger partial charge in [-0.3, -0.25) is 14.5 Å². The van der Waals surface area contributed by atoms with Gasteiger partial charge in [0.25, 0.3) is 5.91 Å². The van der Waals surface area contributed by atoms with Crippen LogP contribution in [0.2, 0.25) is 5.02 Å². The monoisotopic (exact) mass is 248 g/mol. The van der Waals surface area contributed by atoms with Gasteiger partial charge >= 0.3 is 0 Å². The molecule has 1 aromatic carbocycles. The molecule has 17 heavy (non-hydrogen) atoms. The second-order valence-electron chi connectivity index (χ2n) is 3.77. The van der Waals surface area contributed by atoms with Gasteiger partial charge in [0, 0.05) is 17.1 Å². The summed E-state index contributed by atoms with van der Waals surface area (Å²) in [5.41, 5.74) is 0.404. The molecule has 1 aliphatic heterocycles. The van der Waals surface area contributed by atoms with Crippen LogP contribution in [0, 0.1) is 17.2 Å². The molecule has 4 nitrogen and oxygen atoms in total. The van der Waals surface area contributed by atoms with Crippen LogP contribution in [0.5, 0.6) is 0 Å². The molecule has 1 heterocycles. The lowest BCUT2D eigenvalue weighted by Gasteiger charge is -2.13. The van der Waals surface area contributed by atoms with E-state index in [4.69, 9.17) is 16.9 Å². The predicted octanol–water partition coefficient (Wildman–Crippen LogP) is 1.85. The van der Waals surface area contributed by atoms with Gasteiger partial charge in [-0.05, 0) is 30.7 Å². The second kappa shape index (κ2) is 4.56. The van der Waals surface area contributed by atoms with E-state index in [-0.39, 0.29) is 5.91 Å². The van der Waals surface area contributed by atoms with Gasteiger partial charge in [-0.25, -0.2) is 0 Å². The third-order valence-corrected chi connectivity index (χ3v) is 2.95. The van der Waals surface area contributed by atoms with Crippen molar-refractivity contribution < 1.29 is 9.59 Å². The fourth-order valence-electron chi connectivity index (χ4n) is 1.75. The highest BCUT2D eigenvalue weighted by atomic mass is 35.5. The summed E-state index contributed by atoms with van der Waals surface area (Å²) in [6.07, 6.45) is 0.411. The Morgan fingerprint density at radius 1 is 1.41 bits per heavy atom. The van der Waals surface area contributed by atoms with Crippen molar-refractivity contribution in [2.24, 2.45) is 5.92 Å². The molecule has 0 saturated carbocycles. The number of benzene rings is 1. The average molecular weight is 249 g/mol. The highest BCUT2D eigenvalue weighted by molar-refractivity contribution is 6.30. The summed E-state index contributed by atoms with van der Waals surface area (Å²) in [5, 5.41) is 9.25. The van der Waals surface area contributed by atoms with Gasteiger partial charge in [0.1, 0.15) is 5.92 Å². The molecular formula is C12H9ClN2O2. The Balaban J connectivity index is 2.20. The van der Waals surface area contributed by atoms with Crippen LogP contribution in [0.1, 0.15) is 16.8 Å². The van der Waals surface area contributed by atoms with Crippen molar-refractivity contribution in [3.05, 3.63) is 34.9 Å². The Bertz CT molecular complexity index is 504. The van der Waals surface area contributed by atoms with Crippen LogP contribution >= 0.6 is 11.6 Å². The Morgan fingerprint density at radius 3 is 2.59 bits per heavy atom. The molecule has 1 saturated heterocycles. The number of hydrogen-bond acceptors (Lipinski definition) is 3. The first-order valence-corrected chi connectivity index (χ1v) is 5.52. The molecule has 1 fully saturated rings. The summed E-state index contributed by atoms with van der Waals surface area (Å²) in [6.45, 7) is 0.304. The van der Waals surface area contributed by atoms with E-state index in [1.807, 2.05) is 6.07 Å². The standard InChI is InChI=1S/C12H9ClN2O2/c13-10-3-1-8(2-4-10)11(16)15-6-5-9(7-14)12(15)17/h1-4,9H,5-6H2. The highest BCUT2D eigenvalue weighted by Crippen LogP contribution is 2.20. The minimum Gasteiger partial charge on any atom is -0.277 e. The number of likely N-dealkylation sites (tertiary alicyclic amines) is 1. The summed E-state index contributed by atoms with van der Waals surface area (Å²) >= 11 is 5.72. The van der Waals surface area contributed by atoms with E-state index in [0.29, 0.717) is 23.6 Å². The summed E-state index contributed by atoms with van der Waals surface area (Å²) in [7, 11) is 0. The van der Waals surface area contributed by atoms with Gasteiger partial charge in [0.15, 0.2) is 0 Å². The van der Waals surface area contributed by atoms with Crippen LogP contribution < -0.4 is 0 Å². The maximum absolute atomic E-state index is 12.0. The maximum atomic E-state index is 12.0. The molecule has 0 aromatic heterocycles. The lowest BCUT2D eigenvalue weighted by molar-refractivity contribution is -0.127. The first-order chi connectivity index (χ1) is 8.13. The predicted molar refractivity (Wildman–Crippen MR) is 61.2 cm³/mol. The van der Waals surface area contributed by atoms with Crippen LogP contribution in [0.3, 0.4) is 0 Å². The third-order valence-electron chi connectivity index (χ3n) is 2.70. The molecule has 0 spiro atoms. The average Bonchev–Trinajstić information content (AvgIpc) is 2.70. The molecule has 5 heteroatoms. The van der Waals surface area contributed by atoms with Crippen molar-refractivity contribution in [2.45, 2.75) is 6.42 Å². The molecule has 0 radical (unpaired) electrons. The van der Waals surface area contributed by atoms with Crippen LogP contribution in [0.25, 0.3) is 0 Å². The molecule has 1 atom stereocenters. The Labute approximate surface area is 103 Å². The molecule has 2 rings (SSSR count). The maximum Gasteiger partial charge on any atom is 0.260 e. The number of amides is 2. The zero-order valence-electron chi connectivity index (χ0n) is 8.89. The van der Waals surface area contributed by atoms with Crippen molar-refractivity contribution in [3.63, 3.8) is 0 Å². The lowest BCUT2D eigenvalue weighted by atomic mass is 10.1. The summed E-state index contributed by atoms with van der Waals surface area (Å²) in [4.78, 5) is 24.8. The van der Waals surface area contributed by atoms with Gasteiger partial charge in [0.05, 0.1) is 6.07 Å². The largest absolute Gasteiger partial charge is 0.277 e. The van der Waals surface area contributed by atoms with Crippen molar-refractivity contribution >= 4 is 23.4 Å². The van der Waals surface area contributed by atoms with Gasteiger partial charge in [-0.2, -0.15) is 5.26 Å². The van der Waals surface area contributed by atoms with Crippen molar-refractivity contribution in [2.75, 3.05) is 6.54 Å². The first kappa shape index (κ1) is 11.6. The van der Waals surface area contributed by atoms with Crippen LogP contribution in [-0.2, 0) is 4.79 Å². The van der Waals surface area contributed by atoms with E-state index in [9.17, 15) is 9.59 Å². The highest BCUT2D eigenvalue weighted by Gasteiger charge is 2.35. The molecule has 0 aliphatic carbocycles. The summed E-state index contributed by atoms with van der Waals surface area (Å²) in [6, 6.07) is 8.22. The smallest absolute Gasteiger partial charge is 0.260 e. The number of nitrogens with zero attached hydrogens (tertiary/aromatic N) is 2. The SMILES string of the molecule is N#CC1CCN(C(=O)c2ccc(Cl)cc2)C1=O. The van der Waals surface area contributed by atoms with Crippen molar-refractivity contribution in [3.8, 4) is 6.07 Å². The molecule has 1 unspecified atom stereocenters. The number of imide groups is 1. The first-order valence-electron chi connectivity index (χ1n) is 5.14. The number of carbonyl (C=O) groups is 2. The summed E-state index contributed by atoms with van der Waals surface area (Å²) < 4.78 is 0. The van der Waals surface area contributed by atoms with Gasteiger partial charge in [0.2, 0.25) is 5.91 Å².